The number of anilines is 2. The number of esters is 1. The number of nitrogens with zero attached hydrogens (tertiary/aromatic N) is 2. The molecule has 0 bridgehead atoms. The van der Waals surface area contributed by atoms with Crippen LogP contribution in [0.15, 0.2) is 36.5 Å². The van der Waals surface area contributed by atoms with Gasteiger partial charge in [0.1, 0.15) is 5.56 Å². The van der Waals surface area contributed by atoms with Crippen LogP contribution in [0.2, 0.25) is 5.02 Å². The Bertz CT molecular complexity index is 990. The average molecular weight is 406 g/mol. The fourth-order valence-electron chi connectivity index (χ4n) is 2.64. The van der Waals surface area contributed by atoms with Gasteiger partial charge < -0.3 is 10.1 Å². The average Bonchev–Trinajstić information content (AvgIpc) is 2.56. The van der Waals surface area contributed by atoms with Crippen LogP contribution in [0.3, 0.4) is 0 Å². The maximum absolute atomic E-state index is 12.6. The van der Waals surface area contributed by atoms with Gasteiger partial charge in [-0.05, 0) is 63.6 Å². The molecule has 0 amide bonds. The Labute approximate surface area is 169 Å². The molecule has 0 fully saturated rings. The fraction of sp³-hybridized carbons (Fsp3) is 0.250. The molecule has 27 heavy (non-hydrogen) atoms. The molecule has 0 aliphatic heterocycles. The summed E-state index contributed by atoms with van der Waals surface area (Å²) in [4.78, 5) is 21.4. The van der Waals surface area contributed by atoms with Gasteiger partial charge in [-0.3, -0.25) is 0 Å². The van der Waals surface area contributed by atoms with E-state index in [1.165, 1.54) is 6.20 Å². The van der Waals surface area contributed by atoms with Gasteiger partial charge in [-0.25, -0.2) is 14.8 Å². The van der Waals surface area contributed by atoms with Crippen molar-refractivity contribution >= 4 is 52.4 Å². The first kappa shape index (κ1) is 20.9. The lowest BCUT2D eigenvalue weighted by Crippen LogP contribution is -2.14. The van der Waals surface area contributed by atoms with Crippen molar-refractivity contribution in [2.45, 2.75) is 33.8 Å². The standard InChI is InChI=1S/C20H20ClN3O2.ClH/c1-11(2)26-20(25)16-10-22-19-15(7-5-13(4)23-19)18(16)24-17-8-6-14(21)9-12(17)3;/h5-11H,1-4H3,(H,22,23,24);1H. The first-order valence-corrected chi connectivity index (χ1v) is 8.73. The van der Waals surface area contributed by atoms with Crippen molar-refractivity contribution in [3.63, 3.8) is 0 Å². The Morgan fingerprint density at radius 3 is 2.59 bits per heavy atom. The Balaban J connectivity index is 0.00000261. The molecule has 0 saturated heterocycles. The minimum atomic E-state index is -0.427. The van der Waals surface area contributed by atoms with Gasteiger partial charge in [0.15, 0.2) is 5.65 Å². The van der Waals surface area contributed by atoms with Crippen LogP contribution >= 0.6 is 24.0 Å². The Hall–Kier alpha value is -2.37. The first-order chi connectivity index (χ1) is 12.3. The van der Waals surface area contributed by atoms with E-state index in [4.69, 9.17) is 16.3 Å². The van der Waals surface area contributed by atoms with Gasteiger partial charge in [0, 0.05) is 28.0 Å². The molecule has 0 aliphatic rings. The number of pyridine rings is 2. The van der Waals surface area contributed by atoms with Crippen LogP contribution < -0.4 is 5.32 Å². The van der Waals surface area contributed by atoms with E-state index in [0.717, 1.165) is 22.3 Å². The monoisotopic (exact) mass is 405 g/mol. The number of carbonyl (C=O) groups is 1. The third kappa shape index (κ3) is 4.67. The highest BCUT2D eigenvalue weighted by molar-refractivity contribution is 6.30. The van der Waals surface area contributed by atoms with Crippen LogP contribution in [0.5, 0.6) is 0 Å². The van der Waals surface area contributed by atoms with Crippen molar-refractivity contribution in [2.75, 3.05) is 5.32 Å². The first-order valence-electron chi connectivity index (χ1n) is 8.35. The number of ether oxygens (including phenoxy) is 1. The summed E-state index contributed by atoms with van der Waals surface area (Å²) in [5, 5.41) is 4.75. The summed E-state index contributed by atoms with van der Waals surface area (Å²) in [6, 6.07) is 9.34. The van der Waals surface area contributed by atoms with Crippen molar-refractivity contribution in [1.82, 2.24) is 9.97 Å². The molecule has 1 aromatic carbocycles. The molecule has 7 heteroatoms. The van der Waals surface area contributed by atoms with Gasteiger partial charge in [-0.2, -0.15) is 0 Å². The third-order valence-electron chi connectivity index (χ3n) is 3.88. The second kappa shape index (κ2) is 8.55. The van der Waals surface area contributed by atoms with E-state index in [9.17, 15) is 4.79 Å². The highest BCUT2D eigenvalue weighted by Crippen LogP contribution is 2.31. The summed E-state index contributed by atoms with van der Waals surface area (Å²) in [6.07, 6.45) is 1.28. The second-order valence-electron chi connectivity index (χ2n) is 6.41. The zero-order chi connectivity index (χ0) is 18.8. The van der Waals surface area contributed by atoms with E-state index in [1.54, 1.807) is 6.07 Å². The maximum Gasteiger partial charge on any atom is 0.342 e. The number of hydrogen-bond donors (Lipinski definition) is 1. The fourth-order valence-corrected chi connectivity index (χ4v) is 2.87. The number of fused-ring (bicyclic) bond motifs is 1. The zero-order valence-electron chi connectivity index (χ0n) is 15.5. The van der Waals surface area contributed by atoms with Crippen LogP contribution in [0.25, 0.3) is 11.0 Å². The van der Waals surface area contributed by atoms with E-state index in [0.29, 0.717) is 21.9 Å². The lowest BCUT2D eigenvalue weighted by molar-refractivity contribution is 0.0379. The van der Waals surface area contributed by atoms with Crippen LogP contribution in [0.1, 0.15) is 35.5 Å². The minimum absolute atomic E-state index is 0. The molecule has 3 rings (SSSR count). The topological polar surface area (TPSA) is 64.1 Å². The Kier molecular flexibility index (Phi) is 6.63. The van der Waals surface area contributed by atoms with E-state index < -0.39 is 5.97 Å². The molecule has 2 heterocycles. The number of aryl methyl sites for hydroxylation is 2. The highest BCUT2D eigenvalue weighted by atomic mass is 35.5. The summed E-state index contributed by atoms with van der Waals surface area (Å²) >= 11 is 6.05. The molecular weight excluding hydrogens is 385 g/mol. The molecule has 142 valence electrons. The number of hydrogen-bond acceptors (Lipinski definition) is 5. The van der Waals surface area contributed by atoms with Crippen LogP contribution in [-0.4, -0.2) is 22.0 Å². The lowest BCUT2D eigenvalue weighted by atomic mass is 10.1. The molecule has 5 nitrogen and oxygen atoms in total. The van der Waals surface area contributed by atoms with Gasteiger partial charge in [-0.1, -0.05) is 11.6 Å². The van der Waals surface area contributed by atoms with Crippen LogP contribution in [-0.2, 0) is 4.74 Å². The van der Waals surface area contributed by atoms with E-state index in [2.05, 4.69) is 15.3 Å². The molecule has 1 N–H and O–H groups in total. The van der Waals surface area contributed by atoms with E-state index in [1.807, 2.05) is 52.0 Å². The van der Waals surface area contributed by atoms with Crippen molar-refractivity contribution in [3.05, 3.63) is 58.4 Å². The lowest BCUT2D eigenvalue weighted by Gasteiger charge is -2.16. The molecule has 0 radical (unpaired) electrons. The summed E-state index contributed by atoms with van der Waals surface area (Å²) < 4.78 is 5.38. The molecule has 0 aliphatic carbocycles. The number of carbonyl (C=O) groups excluding carboxylic acids is 1. The molecule has 3 aromatic rings. The zero-order valence-corrected chi connectivity index (χ0v) is 17.1. The predicted octanol–water partition coefficient (Wildman–Crippen LogP) is 5.63. The second-order valence-corrected chi connectivity index (χ2v) is 6.85. The molecule has 0 saturated carbocycles. The van der Waals surface area contributed by atoms with Crippen LogP contribution in [0.4, 0.5) is 11.4 Å². The number of rotatable bonds is 4. The summed E-state index contributed by atoms with van der Waals surface area (Å²) in [7, 11) is 0. The number of nitrogens with one attached hydrogen (secondary N) is 1. The van der Waals surface area contributed by atoms with Crippen molar-refractivity contribution < 1.29 is 9.53 Å². The highest BCUT2D eigenvalue weighted by Gasteiger charge is 2.19. The quantitative estimate of drug-likeness (QED) is 0.569. The van der Waals surface area contributed by atoms with Gasteiger partial charge in [0.2, 0.25) is 0 Å². The molecular formula is C20H21Cl2N3O2. The van der Waals surface area contributed by atoms with Gasteiger partial charge in [0.05, 0.1) is 11.8 Å². The molecule has 2 aromatic heterocycles. The number of benzene rings is 1. The Morgan fingerprint density at radius 2 is 1.93 bits per heavy atom. The van der Waals surface area contributed by atoms with Gasteiger partial charge in [0.25, 0.3) is 0 Å². The van der Waals surface area contributed by atoms with Crippen molar-refractivity contribution in [1.29, 1.82) is 0 Å². The van der Waals surface area contributed by atoms with E-state index in [-0.39, 0.29) is 18.5 Å². The largest absolute Gasteiger partial charge is 0.459 e. The van der Waals surface area contributed by atoms with Gasteiger partial charge in [-0.15, -0.1) is 12.4 Å². The Morgan fingerprint density at radius 1 is 1.19 bits per heavy atom. The number of halogens is 2. The smallest absolute Gasteiger partial charge is 0.342 e. The molecule has 0 atom stereocenters. The summed E-state index contributed by atoms with van der Waals surface area (Å²) in [6.45, 7) is 7.48. The number of aromatic nitrogens is 2. The molecule has 0 spiro atoms. The predicted molar refractivity (Wildman–Crippen MR) is 112 cm³/mol. The summed E-state index contributed by atoms with van der Waals surface area (Å²) in [5.41, 5.74) is 4.23. The van der Waals surface area contributed by atoms with Crippen molar-refractivity contribution in [3.8, 4) is 0 Å². The van der Waals surface area contributed by atoms with Gasteiger partial charge >= 0.3 is 5.97 Å². The van der Waals surface area contributed by atoms with E-state index >= 15 is 0 Å². The third-order valence-corrected chi connectivity index (χ3v) is 4.11. The normalized spacial score (nSPS) is 10.6. The van der Waals surface area contributed by atoms with Crippen LogP contribution in [0, 0.1) is 13.8 Å². The summed E-state index contributed by atoms with van der Waals surface area (Å²) in [5.74, 6) is -0.427. The SMILES string of the molecule is Cc1ccc2c(Nc3ccc(Cl)cc3C)c(C(=O)OC(C)C)cnc2n1.Cl. The molecule has 0 unspecified atom stereocenters. The van der Waals surface area contributed by atoms with Crippen molar-refractivity contribution in [2.24, 2.45) is 0 Å². The minimum Gasteiger partial charge on any atom is -0.459 e. The maximum atomic E-state index is 12.6.